The summed E-state index contributed by atoms with van der Waals surface area (Å²) in [4.78, 5) is 14.0. The van der Waals surface area contributed by atoms with Crippen LogP contribution >= 0.6 is 0 Å². The van der Waals surface area contributed by atoms with Crippen LogP contribution in [0.25, 0.3) is 6.08 Å². The van der Waals surface area contributed by atoms with Crippen molar-refractivity contribution in [1.82, 2.24) is 4.90 Å². The van der Waals surface area contributed by atoms with Crippen LogP contribution in [0.15, 0.2) is 48.5 Å². The third-order valence-electron chi connectivity index (χ3n) is 4.07. The van der Waals surface area contributed by atoms with Gasteiger partial charge >= 0.3 is 0 Å². The highest BCUT2D eigenvalue weighted by molar-refractivity contribution is 5.92. The van der Waals surface area contributed by atoms with E-state index >= 15 is 0 Å². The number of nitrogens with zero attached hydrogens (tertiary/aromatic N) is 1. The Morgan fingerprint density at radius 1 is 1.08 bits per heavy atom. The Hall–Kier alpha value is -2.82. The minimum Gasteiger partial charge on any atom is -0.497 e. The average molecular weight is 343 g/mol. The molecule has 4 nitrogen and oxygen atoms in total. The van der Waals surface area contributed by atoms with Gasteiger partial charge in [0.2, 0.25) is 5.91 Å². The SMILES string of the molecule is COc1cc(/C=C/C(=O)N(C)C(C)c2ccc(F)cc2)cc(OC)c1. The fourth-order valence-corrected chi connectivity index (χ4v) is 2.37. The molecule has 0 saturated carbocycles. The maximum atomic E-state index is 13.0. The van der Waals surface area contributed by atoms with Gasteiger partial charge in [-0.1, -0.05) is 12.1 Å². The number of ether oxygens (including phenoxy) is 2. The van der Waals surface area contributed by atoms with Crippen LogP contribution in [0.1, 0.15) is 24.1 Å². The zero-order valence-electron chi connectivity index (χ0n) is 14.8. The topological polar surface area (TPSA) is 38.8 Å². The predicted molar refractivity (Wildman–Crippen MR) is 96.2 cm³/mol. The Kier molecular flexibility index (Phi) is 6.17. The van der Waals surface area contributed by atoms with E-state index in [1.807, 2.05) is 19.1 Å². The molecule has 0 spiro atoms. The van der Waals surface area contributed by atoms with Gasteiger partial charge in [0, 0.05) is 19.2 Å². The Morgan fingerprint density at radius 2 is 1.64 bits per heavy atom. The molecular weight excluding hydrogens is 321 g/mol. The van der Waals surface area contributed by atoms with Gasteiger partial charge in [-0.05, 0) is 48.4 Å². The van der Waals surface area contributed by atoms with E-state index in [0.29, 0.717) is 11.5 Å². The number of likely N-dealkylation sites (N-methyl/N-ethyl adjacent to an activating group) is 1. The molecule has 0 radical (unpaired) electrons. The molecule has 0 aromatic heterocycles. The van der Waals surface area contributed by atoms with Crippen LogP contribution < -0.4 is 9.47 Å². The van der Waals surface area contributed by atoms with Crippen LogP contribution in [0.5, 0.6) is 11.5 Å². The molecule has 25 heavy (non-hydrogen) atoms. The number of rotatable bonds is 6. The number of amides is 1. The van der Waals surface area contributed by atoms with Crippen molar-refractivity contribution in [1.29, 1.82) is 0 Å². The lowest BCUT2D eigenvalue weighted by atomic mass is 10.1. The van der Waals surface area contributed by atoms with E-state index < -0.39 is 0 Å². The van der Waals surface area contributed by atoms with Crippen LogP contribution in [-0.4, -0.2) is 32.1 Å². The summed E-state index contributed by atoms with van der Waals surface area (Å²) in [6, 6.07) is 11.4. The van der Waals surface area contributed by atoms with Crippen LogP contribution in [0.4, 0.5) is 4.39 Å². The largest absolute Gasteiger partial charge is 0.497 e. The third-order valence-corrected chi connectivity index (χ3v) is 4.07. The highest BCUT2D eigenvalue weighted by Crippen LogP contribution is 2.24. The number of methoxy groups -OCH3 is 2. The molecule has 132 valence electrons. The Bertz CT molecular complexity index is 734. The first kappa shape index (κ1) is 18.5. The van der Waals surface area contributed by atoms with Gasteiger partial charge in [-0.25, -0.2) is 4.39 Å². The van der Waals surface area contributed by atoms with Crippen LogP contribution in [0.2, 0.25) is 0 Å². The van der Waals surface area contributed by atoms with Gasteiger partial charge in [0.05, 0.1) is 20.3 Å². The summed E-state index contributed by atoms with van der Waals surface area (Å²) in [6.07, 6.45) is 3.20. The minimum atomic E-state index is -0.295. The monoisotopic (exact) mass is 343 g/mol. The maximum absolute atomic E-state index is 13.0. The molecule has 1 amide bonds. The molecule has 0 aliphatic carbocycles. The highest BCUT2D eigenvalue weighted by atomic mass is 19.1. The van der Waals surface area contributed by atoms with E-state index in [-0.39, 0.29) is 17.8 Å². The standard InChI is InChI=1S/C20H22FNO3/c1-14(16-6-8-17(21)9-7-16)22(2)20(23)10-5-15-11-18(24-3)13-19(12-15)25-4/h5-14H,1-4H3/b10-5+. The van der Waals surface area contributed by atoms with Gasteiger partial charge in [0.15, 0.2) is 0 Å². The molecule has 5 heteroatoms. The molecule has 0 N–H and O–H groups in total. The number of hydrogen-bond donors (Lipinski definition) is 0. The lowest BCUT2D eigenvalue weighted by molar-refractivity contribution is -0.126. The van der Waals surface area contributed by atoms with E-state index in [1.165, 1.54) is 18.2 Å². The molecule has 0 heterocycles. The maximum Gasteiger partial charge on any atom is 0.246 e. The fourth-order valence-electron chi connectivity index (χ4n) is 2.37. The molecule has 0 aliphatic rings. The summed E-state index contributed by atoms with van der Waals surface area (Å²) < 4.78 is 23.5. The summed E-state index contributed by atoms with van der Waals surface area (Å²) >= 11 is 0. The predicted octanol–water partition coefficient (Wildman–Crippen LogP) is 4.08. The van der Waals surface area contributed by atoms with E-state index in [2.05, 4.69) is 0 Å². The number of hydrogen-bond acceptors (Lipinski definition) is 3. The molecule has 2 rings (SSSR count). The zero-order chi connectivity index (χ0) is 18.4. The van der Waals surface area contributed by atoms with Crippen LogP contribution in [0, 0.1) is 5.82 Å². The second kappa shape index (κ2) is 8.33. The van der Waals surface area contributed by atoms with Crippen molar-refractivity contribution in [3.8, 4) is 11.5 Å². The molecule has 2 aromatic rings. The first-order valence-electron chi connectivity index (χ1n) is 7.88. The quantitative estimate of drug-likeness (QED) is 0.742. The van der Waals surface area contributed by atoms with Crippen molar-refractivity contribution in [2.75, 3.05) is 21.3 Å². The summed E-state index contributed by atoms with van der Waals surface area (Å²) in [6.45, 7) is 1.90. The smallest absolute Gasteiger partial charge is 0.246 e. The van der Waals surface area contributed by atoms with Gasteiger partial charge in [-0.3, -0.25) is 4.79 Å². The normalized spacial score (nSPS) is 12.0. The summed E-state index contributed by atoms with van der Waals surface area (Å²) in [7, 11) is 4.87. The summed E-state index contributed by atoms with van der Waals surface area (Å²) in [5, 5.41) is 0. The second-order valence-electron chi connectivity index (χ2n) is 5.66. The molecule has 1 atom stereocenters. The number of carbonyl (C=O) groups is 1. The van der Waals surface area contributed by atoms with Crippen molar-refractivity contribution in [2.24, 2.45) is 0 Å². The molecule has 0 bridgehead atoms. The number of carbonyl (C=O) groups excluding carboxylic acids is 1. The fraction of sp³-hybridized carbons (Fsp3) is 0.250. The lowest BCUT2D eigenvalue weighted by Gasteiger charge is -2.24. The first-order chi connectivity index (χ1) is 11.9. The van der Waals surface area contributed by atoms with Gasteiger partial charge < -0.3 is 14.4 Å². The van der Waals surface area contributed by atoms with E-state index in [0.717, 1.165) is 11.1 Å². The third kappa shape index (κ3) is 4.83. The Balaban J connectivity index is 2.12. The van der Waals surface area contributed by atoms with E-state index in [4.69, 9.17) is 9.47 Å². The van der Waals surface area contributed by atoms with Gasteiger partial charge in [-0.15, -0.1) is 0 Å². The number of benzene rings is 2. The van der Waals surface area contributed by atoms with Crippen molar-refractivity contribution < 1.29 is 18.7 Å². The average Bonchev–Trinajstić information content (AvgIpc) is 2.65. The molecule has 1 unspecified atom stereocenters. The van der Waals surface area contributed by atoms with Crippen molar-refractivity contribution in [3.63, 3.8) is 0 Å². The van der Waals surface area contributed by atoms with Crippen molar-refractivity contribution >= 4 is 12.0 Å². The summed E-state index contributed by atoms with van der Waals surface area (Å²) in [5.74, 6) is 0.856. The van der Waals surface area contributed by atoms with E-state index in [1.54, 1.807) is 50.4 Å². The second-order valence-corrected chi connectivity index (χ2v) is 5.66. The lowest BCUT2D eigenvalue weighted by Crippen LogP contribution is -2.27. The first-order valence-corrected chi connectivity index (χ1v) is 7.88. The summed E-state index contributed by atoms with van der Waals surface area (Å²) in [5.41, 5.74) is 1.67. The molecule has 2 aromatic carbocycles. The highest BCUT2D eigenvalue weighted by Gasteiger charge is 2.15. The Morgan fingerprint density at radius 3 is 2.16 bits per heavy atom. The van der Waals surface area contributed by atoms with Crippen molar-refractivity contribution in [3.05, 3.63) is 65.5 Å². The molecule has 0 aliphatic heterocycles. The molecular formula is C20H22FNO3. The molecule has 0 fully saturated rings. The van der Waals surface area contributed by atoms with Crippen LogP contribution in [-0.2, 0) is 4.79 Å². The molecule has 0 saturated heterocycles. The number of halogens is 1. The van der Waals surface area contributed by atoms with E-state index in [9.17, 15) is 9.18 Å². The Labute approximate surface area is 147 Å². The van der Waals surface area contributed by atoms with Gasteiger partial charge in [0.25, 0.3) is 0 Å². The van der Waals surface area contributed by atoms with Crippen molar-refractivity contribution in [2.45, 2.75) is 13.0 Å². The van der Waals surface area contributed by atoms with Crippen LogP contribution in [0.3, 0.4) is 0 Å². The van der Waals surface area contributed by atoms with Gasteiger partial charge in [-0.2, -0.15) is 0 Å². The minimum absolute atomic E-state index is 0.154. The van der Waals surface area contributed by atoms with Gasteiger partial charge in [0.1, 0.15) is 17.3 Å². The zero-order valence-corrected chi connectivity index (χ0v) is 14.8.